The Hall–Kier alpha value is -1.32. The zero-order valence-corrected chi connectivity index (χ0v) is 6.92. The molecule has 0 amide bonds. The first kappa shape index (κ1) is 9.68. The summed E-state index contributed by atoms with van der Waals surface area (Å²) in [5.74, 6) is -0.0525. The molecule has 0 heterocycles. The SMILES string of the molecule is CO/C=C\N/N=C(/C)C(C)=O. The molecule has 11 heavy (non-hydrogen) atoms. The van der Waals surface area contributed by atoms with E-state index >= 15 is 0 Å². The summed E-state index contributed by atoms with van der Waals surface area (Å²) in [5.41, 5.74) is 2.96. The van der Waals surface area contributed by atoms with E-state index in [0.717, 1.165) is 0 Å². The molecule has 0 aromatic rings. The Morgan fingerprint density at radius 2 is 2.18 bits per heavy atom. The lowest BCUT2D eigenvalue weighted by molar-refractivity contribution is -0.111. The highest BCUT2D eigenvalue weighted by molar-refractivity contribution is 6.37. The maximum absolute atomic E-state index is 10.6. The first-order valence-electron chi connectivity index (χ1n) is 3.17. The number of methoxy groups -OCH3 is 1. The Bertz CT molecular complexity index is 185. The number of hydrogen-bond acceptors (Lipinski definition) is 4. The van der Waals surface area contributed by atoms with Crippen LogP contribution in [0.2, 0.25) is 0 Å². The second kappa shape index (κ2) is 5.46. The van der Waals surface area contributed by atoms with Crippen molar-refractivity contribution in [1.82, 2.24) is 5.43 Å². The zero-order valence-electron chi connectivity index (χ0n) is 6.92. The van der Waals surface area contributed by atoms with Crippen LogP contribution in [0.15, 0.2) is 17.6 Å². The van der Waals surface area contributed by atoms with E-state index < -0.39 is 0 Å². The third-order valence-corrected chi connectivity index (χ3v) is 1.02. The van der Waals surface area contributed by atoms with Gasteiger partial charge in [0.15, 0.2) is 5.78 Å². The molecule has 0 aromatic heterocycles. The molecule has 0 aliphatic heterocycles. The summed E-state index contributed by atoms with van der Waals surface area (Å²) in [6.07, 6.45) is 2.92. The van der Waals surface area contributed by atoms with Crippen LogP contribution < -0.4 is 5.43 Å². The van der Waals surface area contributed by atoms with E-state index in [0.29, 0.717) is 5.71 Å². The summed E-state index contributed by atoms with van der Waals surface area (Å²) in [6.45, 7) is 3.09. The van der Waals surface area contributed by atoms with Crippen LogP contribution in [-0.2, 0) is 9.53 Å². The van der Waals surface area contributed by atoms with Gasteiger partial charge in [-0.15, -0.1) is 0 Å². The molecule has 4 nitrogen and oxygen atoms in total. The van der Waals surface area contributed by atoms with Crippen molar-refractivity contribution in [3.05, 3.63) is 12.5 Å². The Morgan fingerprint density at radius 3 is 2.64 bits per heavy atom. The maximum atomic E-state index is 10.6. The largest absolute Gasteiger partial charge is 0.503 e. The molecule has 1 N–H and O–H groups in total. The second-order valence-electron chi connectivity index (χ2n) is 1.92. The van der Waals surface area contributed by atoms with Crippen LogP contribution >= 0.6 is 0 Å². The highest BCUT2D eigenvalue weighted by Gasteiger charge is 1.94. The normalized spacial score (nSPS) is 11.7. The maximum Gasteiger partial charge on any atom is 0.175 e. The molecular formula is C7H12N2O2. The lowest BCUT2D eigenvalue weighted by Gasteiger charge is -1.92. The van der Waals surface area contributed by atoms with Gasteiger partial charge in [-0.25, -0.2) is 0 Å². The second-order valence-corrected chi connectivity index (χ2v) is 1.92. The van der Waals surface area contributed by atoms with Crippen molar-refractivity contribution < 1.29 is 9.53 Å². The number of ether oxygens (including phenoxy) is 1. The van der Waals surface area contributed by atoms with Crippen LogP contribution in [0.25, 0.3) is 0 Å². The van der Waals surface area contributed by atoms with Crippen LogP contribution in [0, 0.1) is 0 Å². The summed E-state index contributed by atoms with van der Waals surface area (Å²) >= 11 is 0. The molecule has 0 bridgehead atoms. The molecule has 0 saturated heterocycles. The summed E-state index contributed by atoms with van der Waals surface area (Å²) < 4.78 is 4.59. The predicted octanol–water partition coefficient (Wildman–Crippen LogP) is 0.658. The number of nitrogens with one attached hydrogen (secondary N) is 1. The molecule has 0 fully saturated rings. The Kier molecular flexibility index (Phi) is 4.81. The topological polar surface area (TPSA) is 50.7 Å². The number of carbonyl (C=O) groups is 1. The fourth-order valence-corrected chi connectivity index (χ4v) is 0.311. The standard InChI is InChI=1S/C7H12N2O2/c1-6(7(2)10)9-8-4-5-11-3/h4-5,8H,1-3H3/b5-4-,9-6-. The molecule has 0 spiro atoms. The zero-order chi connectivity index (χ0) is 8.69. The first-order valence-corrected chi connectivity index (χ1v) is 3.17. The number of hydrazone groups is 1. The molecule has 0 radical (unpaired) electrons. The van der Waals surface area contributed by atoms with E-state index in [1.54, 1.807) is 6.92 Å². The van der Waals surface area contributed by atoms with Gasteiger partial charge in [-0.05, 0) is 6.92 Å². The highest BCUT2D eigenvalue weighted by Crippen LogP contribution is 1.77. The minimum Gasteiger partial charge on any atom is -0.503 e. The van der Waals surface area contributed by atoms with Gasteiger partial charge in [-0.1, -0.05) is 0 Å². The van der Waals surface area contributed by atoms with Crippen LogP contribution in [0.5, 0.6) is 0 Å². The summed E-state index contributed by atoms with van der Waals surface area (Å²) in [6, 6.07) is 0. The van der Waals surface area contributed by atoms with Crippen LogP contribution in [0.3, 0.4) is 0 Å². The summed E-state index contributed by atoms with van der Waals surface area (Å²) in [5, 5.41) is 3.71. The minimum atomic E-state index is -0.0525. The summed E-state index contributed by atoms with van der Waals surface area (Å²) in [7, 11) is 1.53. The van der Waals surface area contributed by atoms with Gasteiger partial charge in [-0.2, -0.15) is 5.10 Å². The average molecular weight is 156 g/mol. The fraction of sp³-hybridized carbons (Fsp3) is 0.429. The smallest absolute Gasteiger partial charge is 0.175 e. The predicted molar refractivity (Wildman–Crippen MR) is 43.1 cm³/mol. The van der Waals surface area contributed by atoms with Gasteiger partial charge < -0.3 is 4.74 Å². The van der Waals surface area contributed by atoms with Crippen molar-refractivity contribution >= 4 is 11.5 Å². The summed E-state index contributed by atoms with van der Waals surface area (Å²) in [4.78, 5) is 10.6. The van der Waals surface area contributed by atoms with Crippen LogP contribution in [-0.4, -0.2) is 18.6 Å². The highest BCUT2D eigenvalue weighted by atomic mass is 16.5. The number of carbonyl (C=O) groups excluding carboxylic acids is 1. The molecule has 0 aromatic carbocycles. The third kappa shape index (κ3) is 5.14. The van der Waals surface area contributed by atoms with E-state index in [-0.39, 0.29) is 5.78 Å². The number of hydrogen-bond donors (Lipinski definition) is 1. The molecule has 4 heteroatoms. The van der Waals surface area contributed by atoms with Crippen molar-refractivity contribution in [2.75, 3.05) is 7.11 Å². The molecule has 0 unspecified atom stereocenters. The van der Waals surface area contributed by atoms with Crippen LogP contribution in [0.1, 0.15) is 13.8 Å². The van der Waals surface area contributed by atoms with Gasteiger partial charge in [0.1, 0.15) is 12.0 Å². The van der Waals surface area contributed by atoms with Gasteiger partial charge in [0.2, 0.25) is 0 Å². The molecular weight excluding hydrogens is 144 g/mol. The Balaban J connectivity index is 3.74. The van der Waals surface area contributed by atoms with Crippen LogP contribution in [0.4, 0.5) is 0 Å². The van der Waals surface area contributed by atoms with Crippen molar-refractivity contribution in [3.63, 3.8) is 0 Å². The Labute approximate surface area is 65.9 Å². The number of nitrogens with zero attached hydrogens (tertiary/aromatic N) is 1. The lowest BCUT2D eigenvalue weighted by Crippen LogP contribution is -2.09. The van der Waals surface area contributed by atoms with Gasteiger partial charge in [0, 0.05) is 6.92 Å². The van der Waals surface area contributed by atoms with Gasteiger partial charge >= 0.3 is 0 Å². The molecule has 0 aliphatic carbocycles. The van der Waals surface area contributed by atoms with Gasteiger partial charge in [-0.3, -0.25) is 10.2 Å². The Morgan fingerprint density at radius 1 is 1.55 bits per heavy atom. The van der Waals surface area contributed by atoms with Crippen molar-refractivity contribution in [2.45, 2.75) is 13.8 Å². The van der Waals surface area contributed by atoms with Crippen molar-refractivity contribution in [1.29, 1.82) is 0 Å². The number of ketones is 1. The molecule has 62 valence electrons. The lowest BCUT2D eigenvalue weighted by atomic mass is 10.3. The van der Waals surface area contributed by atoms with E-state index in [2.05, 4.69) is 15.3 Å². The molecule has 0 atom stereocenters. The van der Waals surface area contributed by atoms with Crippen molar-refractivity contribution in [3.8, 4) is 0 Å². The molecule has 0 aliphatic rings. The quantitative estimate of drug-likeness (QED) is 0.369. The van der Waals surface area contributed by atoms with E-state index in [1.807, 2.05) is 0 Å². The van der Waals surface area contributed by atoms with Gasteiger partial charge in [0.25, 0.3) is 0 Å². The minimum absolute atomic E-state index is 0.0525. The molecule has 0 rings (SSSR count). The average Bonchev–Trinajstić information content (AvgIpc) is 1.97. The van der Waals surface area contributed by atoms with Gasteiger partial charge in [0.05, 0.1) is 13.3 Å². The third-order valence-electron chi connectivity index (χ3n) is 1.02. The fourth-order valence-electron chi connectivity index (χ4n) is 0.311. The number of rotatable bonds is 4. The van der Waals surface area contributed by atoms with E-state index in [4.69, 9.17) is 0 Å². The molecule has 0 saturated carbocycles. The van der Waals surface area contributed by atoms with E-state index in [9.17, 15) is 4.79 Å². The van der Waals surface area contributed by atoms with Crippen molar-refractivity contribution in [2.24, 2.45) is 5.10 Å². The number of Topliss-reactive ketones (excluding diaryl/α,β-unsaturated/α-hetero) is 1. The first-order chi connectivity index (χ1) is 5.18. The monoisotopic (exact) mass is 156 g/mol. The van der Waals surface area contributed by atoms with E-state index in [1.165, 1.54) is 26.5 Å².